The molecule has 15 heavy (non-hydrogen) atoms. The minimum Gasteiger partial charge on any atom is -0.507 e. The molecular formula is C12H12N2O. The van der Waals surface area contributed by atoms with Crippen LogP contribution in [0.3, 0.4) is 0 Å². The van der Waals surface area contributed by atoms with Crippen LogP contribution in [0.15, 0.2) is 42.7 Å². The van der Waals surface area contributed by atoms with E-state index in [1.165, 1.54) is 0 Å². The van der Waals surface area contributed by atoms with Gasteiger partial charge >= 0.3 is 0 Å². The van der Waals surface area contributed by atoms with Crippen molar-refractivity contribution in [2.45, 2.75) is 6.54 Å². The molecule has 2 rings (SSSR count). The van der Waals surface area contributed by atoms with E-state index in [1.54, 1.807) is 24.5 Å². The molecule has 0 amide bonds. The number of aromatic hydroxyl groups is 1. The van der Waals surface area contributed by atoms with Crippen LogP contribution in [0.25, 0.3) is 11.1 Å². The Hall–Kier alpha value is -1.87. The zero-order valence-electron chi connectivity index (χ0n) is 8.22. The Morgan fingerprint density at radius 2 is 1.93 bits per heavy atom. The number of phenols is 1. The standard InChI is InChI=1S/C12H12N2O/c13-7-9-8-14-6-5-10(9)11-3-1-2-4-12(11)15/h1-6,8,15H,7,13H2. The SMILES string of the molecule is NCc1cnccc1-c1ccccc1O. The molecule has 0 unspecified atom stereocenters. The summed E-state index contributed by atoms with van der Waals surface area (Å²) in [6, 6.07) is 9.06. The van der Waals surface area contributed by atoms with Gasteiger partial charge in [0.2, 0.25) is 0 Å². The van der Waals surface area contributed by atoms with Gasteiger partial charge in [0.1, 0.15) is 5.75 Å². The topological polar surface area (TPSA) is 59.1 Å². The average molecular weight is 200 g/mol. The Balaban J connectivity index is 2.59. The van der Waals surface area contributed by atoms with Crippen LogP contribution < -0.4 is 5.73 Å². The number of rotatable bonds is 2. The second-order valence-electron chi connectivity index (χ2n) is 3.25. The van der Waals surface area contributed by atoms with Gasteiger partial charge in [-0.2, -0.15) is 0 Å². The smallest absolute Gasteiger partial charge is 0.123 e. The normalized spacial score (nSPS) is 10.2. The van der Waals surface area contributed by atoms with Crippen molar-refractivity contribution in [2.75, 3.05) is 0 Å². The molecule has 3 nitrogen and oxygen atoms in total. The zero-order valence-corrected chi connectivity index (χ0v) is 8.22. The molecule has 0 saturated carbocycles. The van der Waals surface area contributed by atoms with E-state index in [0.29, 0.717) is 6.54 Å². The highest BCUT2D eigenvalue weighted by Gasteiger charge is 2.06. The van der Waals surface area contributed by atoms with Crippen molar-refractivity contribution in [3.63, 3.8) is 0 Å². The molecule has 0 aliphatic rings. The maximum Gasteiger partial charge on any atom is 0.123 e. The molecule has 3 N–H and O–H groups in total. The van der Waals surface area contributed by atoms with Crippen LogP contribution in [-0.2, 0) is 6.54 Å². The van der Waals surface area contributed by atoms with Crippen LogP contribution in [0.4, 0.5) is 0 Å². The summed E-state index contributed by atoms with van der Waals surface area (Å²) in [5.41, 5.74) is 8.27. The first-order valence-electron chi connectivity index (χ1n) is 4.74. The Morgan fingerprint density at radius 1 is 1.13 bits per heavy atom. The number of phenolic OH excluding ortho intramolecular Hbond substituents is 1. The van der Waals surface area contributed by atoms with Crippen LogP contribution in [0, 0.1) is 0 Å². The molecule has 0 radical (unpaired) electrons. The van der Waals surface area contributed by atoms with Crippen molar-refractivity contribution < 1.29 is 5.11 Å². The van der Waals surface area contributed by atoms with E-state index < -0.39 is 0 Å². The minimum atomic E-state index is 0.262. The van der Waals surface area contributed by atoms with Gasteiger partial charge in [-0.15, -0.1) is 0 Å². The number of aromatic nitrogens is 1. The molecule has 0 fully saturated rings. The molecule has 0 spiro atoms. The van der Waals surface area contributed by atoms with Gasteiger partial charge in [0, 0.05) is 24.5 Å². The molecule has 3 heteroatoms. The fourth-order valence-corrected chi connectivity index (χ4v) is 1.55. The van der Waals surface area contributed by atoms with Crippen molar-refractivity contribution in [1.29, 1.82) is 0 Å². The molecule has 0 aliphatic heterocycles. The molecule has 0 atom stereocenters. The maximum absolute atomic E-state index is 9.72. The summed E-state index contributed by atoms with van der Waals surface area (Å²) in [5.74, 6) is 0.262. The lowest BCUT2D eigenvalue weighted by molar-refractivity contribution is 0.477. The van der Waals surface area contributed by atoms with Gasteiger partial charge in [0.05, 0.1) is 0 Å². The number of nitrogens with zero attached hydrogens (tertiary/aromatic N) is 1. The summed E-state index contributed by atoms with van der Waals surface area (Å²) < 4.78 is 0. The monoisotopic (exact) mass is 200 g/mol. The number of para-hydroxylation sites is 1. The fraction of sp³-hybridized carbons (Fsp3) is 0.0833. The van der Waals surface area contributed by atoms with Crippen LogP contribution in [0.1, 0.15) is 5.56 Å². The summed E-state index contributed by atoms with van der Waals surface area (Å²) >= 11 is 0. The molecule has 76 valence electrons. The second-order valence-corrected chi connectivity index (χ2v) is 3.25. The average Bonchev–Trinajstić information content (AvgIpc) is 2.30. The fourth-order valence-electron chi connectivity index (χ4n) is 1.55. The van der Waals surface area contributed by atoms with E-state index in [4.69, 9.17) is 5.73 Å². The third kappa shape index (κ3) is 1.82. The summed E-state index contributed by atoms with van der Waals surface area (Å²) in [7, 11) is 0. The van der Waals surface area contributed by atoms with E-state index in [9.17, 15) is 5.11 Å². The number of hydrogen-bond donors (Lipinski definition) is 2. The van der Waals surface area contributed by atoms with Gasteiger partial charge in [-0.1, -0.05) is 18.2 Å². The number of hydrogen-bond acceptors (Lipinski definition) is 3. The van der Waals surface area contributed by atoms with Crippen LogP contribution >= 0.6 is 0 Å². The summed E-state index contributed by atoms with van der Waals surface area (Å²) in [5, 5.41) is 9.72. The predicted molar refractivity (Wildman–Crippen MR) is 59.2 cm³/mol. The Morgan fingerprint density at radius 3 is 2.67 bits per heavy atom. The third-order valence-electron chi connectivity index (χ3n) is 2.32. The summed E-state index contributed by atoms with van der Waals surface area (Å²) in [4.78, 5) is 4.01. The predicted octanol–water partition coefficient (Wildman–Crippen LogP) is 1.91. The number of pyridine rings is 1. The van der Waals surface area contributed by atoms with Crippen molar-refractivity contribution >= 4 is 0 Å². The molecule has 2 aromatic rings. The molecular weight excluding hydrogens is 188 g/mol. The van der Waals surface area contributed by atoms with E-state index in [1.807, 2.05) is 18.2 Å². The number of benzene rings is 1. The molecule has 0 saturated heterocycles. The molecule has 1 heterocycles. The lowest BCUT2D eigenvalue weighted by Gasteiger charge is -2.08. The van der Waals surface area contributed by atoms with E-state index >= 15 is 0 Å². The molecule has 0 bridgehead atoms. The third-order valence-corrected chi connectivity index (χ3v) is 2.32. The minimum absolute atomic E-state index is 0.262. The van der Waals surface area contributed by atoms with Crippen LogP contribution in [0.5, 0.6) is 5.75 Å². The lowest BCUT2D eigenvalue weighted by atomic mass is 10.0. The Bertz CT molecular complexity index is 469. The highest BCUT2D eigenvalue weighted by Crippen LogP contribution is 2.30. The van der Waals surface area contributed by atoms with Gasteiger partial charge in [-0.3, -0.25) is 4.98 Å². The molecule has 1 aromatic heterocycles. The summed E-state index contributed by atoms with van der Waals surface area (Å²) in [6.07, 6.45) is 3.42. The van der Waals surface area contributed by atoms with Crippen molar-refractivity contribution in [3.8, 4) is 16.9 Å². The first-order valence-corrected chi connectivity index (χ1v) is 4.74. The summed E-state index contributed by atoms with van der Waals surface area (Å²) in [6.45, 7) is 0.414. The van der Waals surface area contributed by atoms with Crippen molar-refractivity contribution in [2.24, 2.45) is 5.73 Å². The van der Waals surface area contributed by atoms with Gasteiger partial charge < -0.3 is 10.8 Å². The highest BCUT2D eigenvalue weighted by molar-refractivity contribution is 5.72. The van der Waals surface area contributed by atoms with Crippen molar-refractivity contribution in [1.82, 2.24) is 4.98 Å². The van der Waals surface area contributed by atoms with Gasteiger partial charge in [-0.05, 0) is 23.3 Å². The highest BCUT2D eigenvalue weighted by atomic mass is 16.3. The second kappa shape index (κ2) is 4.11. The van der Waals surface area contributed by atoms with Crippen LogP contribution in [0.2, 0.25) is 0 Å². The lowest BCUT2D eigenvalue weighted by Crippen LogP contribution is -1.99. The maximum atomic E-state index is 9.72. The largest absolute Gasteiger partial charge is 0.507 e. The Labute approximate surface area is 88.2 Å². The molecule has 1 aromatic carbocycles. The molecule has 0 aliphatic carbocycles. The van der Waals surface area contributed by atoms with E-state index in [0.717, 1.165) is 16.7 Å². The van der Waals surface area contributed by atoms with E-state index in [2.05, 4.69) is 4.98 Å². The van der Waals surface area contributed by atoms with Gasteiger partial charge in [0.25, 0.3) is 0 Å². The van der Waals surface area contributed by atoms with E-state index in [-0.39, 0.29) is 5.75 Å². The first kappa shape index (κ1) is 9.68. The van der Waals surface area contributed by atoms with Gasteiger partial charge in [0.15, 0.2) is 0 Å². The first-order chi connectivity index (χ1) is 7.33. The Kier molecular flexibility index (Phi) is 2.65. The van der Waals surface area contributed by atoms with Crippen molar-refractivity contribution in [3.05, 3.63) is 48.3 Å². The van der Waals surface area contributed by atoms with Gasteiger partial charge in [-0.25, -0.2) is 0 Å². The quantitative estimate of drug-likeness (QED) is 0.778. The zero-order chi connectivity index (χ0) is 10.7. The number of nitrogens with two attached hydrogens (primary N) is 1. The van der Waals surface area contributed by atoms with Crippen LogP contribution in [-0.4, -0.2) is 10.1 Å².